The van der Waals surface area contributed by atoms with Gasteiger partial charge in [0.1, 0.15) is 10.8 Å². The van der Waals surface area contributed by atoms with Crippen LogP contribution >= 0.6 is 23.1 Å². The van der Waals surface area contributed by atoms with Crippen LogP contribution in [0.2, 0.25) is 0 Å². The van der Waals surface area contributed by atoms with Crippen molar-refractivity contribution in [3.63, 3.8) is 0 Å². The van der Waals surface area contributed by atoms with Crippen LogP contribution in [0.25, 0.3) is 10.6 Å². The van der Waals surface area contributed by atoms with Crippen LogP contribution in [0.1, 0.15) is 48.4 Å². The number of ether oxygens (including phenoxy) is 1. The largest absolute Gasteiger partial charge is 0.482 e. The summed E-state index contributed by atoms with van der Waals surface area (Å²) in [5, 5.41) is 9.64. The molecule has 4 rings (SSSR count). The molecule has 3 aromatic rings. The van der Waals surface area contributed by atoms with E-state index in [1.165, 1.54) is 23.5 Å². The van der Waals surface area contributed by atoms with Crippen molar-refractivity contribution >= 4 is 35.0 Å². The Morgan fingerprint density at radius 1 is 1.10 bits per heavy atom. The van der Waals surface area contributed by atoms with Crippen LogP contribution in [0.3, 0.4) is 0 Å². The zero-order chi connectivity index (χ0) is 29.7. The van der Waals surface area contributed by atoms with Gasteiger partial charge >= 0.3 is 12.1 Å². The van der Waals surface area contributed by atoms with E-state index in [1.54, 1.807) is 24.8 Å². The number of rotatable bonds is 10. The zero-order valence-electron chi connectivity index (χ0n) is 23.0. The molecule has 1 N–H and O–H groups in total. The van der Waals surface area contributed by atoms with E-state index in [1.807, 2.05) is 30.9 Å². The molecule has 220 valence electrons. The van der Waals surface area contributed by atoms with Gasteiger partial charge < -0.3 is 14.7 Å². The number of nitrogens with zero attached hydrogens (tertiary/aromatic N) is 3. The minimum atomic E-state index is -4.40. The van der Waals surface area contributed by atoms with Gasteiger partial charge in [0.05, 0.1) is 11.3 Å². The molecule has 2 heterocycles. The Balaban J connectivity index is 1.56. The number of hydrogen-bond donors (Lipinski definition) is 1. The Labute approximate surface area is 245 Å². The second kappa shape index (κ2) is 13.3. The number of carbonyl (C=O) groups is 2. The van der Waals surface area contributed by atoms with Gasteiger partial charge in [-0.2, -0.15) is 13.2 Å². The highest BCUT2D eigenvalue weighted by Gasteiger charge is 2.30. The van der Waals surface area contributed by atoms with E-state index in [2.05, 4.69) is 4.90 Å². The summed E-state index contributed by atoms with van der Waals surface area (Å²) < 4.78 is 44.7. The van der Waals surface area contributed by atoms with Crippen molar-refractivity contribution in [1.29, 1.82) is 0 Å². The molecule has 1 aliphatic rings. The van der Waals surface area contributed by atoms with Crippen molar-refractivity contribution in [2.24, 2.45) is 0 Å². The van der Waals surface area contributed by atoms with E-state index in [0.29, 0.717) is 41.7 Å². The number of carboxylic acid groups (broad SMARTS) is 1. The lowest BCUT2D eigenvalue weighted by molar-refractivity contribution is -0.139. The maximum absolute atomic E-state index is 13.1. The van der Waals surface area contributed by atoms with Crippen molar-refractivity contribution in [3.8, 4) is 16.3 Å². The molecule has 0 atom stereocenters. The summed E-state index contributed by atoms with van der Waals surface area (Å²) in [6, 6.07) is 10.8. The number of alkyl halides is 3. The Bertz CT molecular complexity index is 1370. The first-order chi connectivity index (χ1) is 19.4. The summed E-state index contributed by atoms with van der Waals surface area (Å²) in [6.45, 7) is 8.48. The summed E-state index contributed by atoms with van der Waals surface area (Å²) in [7, 11) is 0. The number of piperazine rings is 1. The van der Waals surface area contributed by atoms with Crippen molar-refractivity contribution in [1.82, 2.24) is 14.8 Å². The Kier molecular flexibility index (Phi) is 9.98. The first-order valence-electron chi connectivity index (χ1n) is 13.2. The number of aliphatic carboxylic acids is 1. The smallest absolute Gasteiger partial charge is 0.416 e. The van der Waals surface area contributed by atoms with E-state index >= 15 is 0 Å². The number of thiazole rings is 1. The number of benzene rings is 2. The molecule has 1 saturated heterocycles. The molecule has 1 amide bonds. The Hall–Kier alpha value is -3.09. The number of carbonyl (C=O) groups excluding carboxylic acids is 1. The highest BCUT2D eigenvalue weighted by atomic mass is 32.2. The highest BCUT2D eigenvalue weighted by molar-refractivity contribution is 7.98. The standard InChI is InChI=1S/C29H32F3N3O4S2/c1-18(2)23-14-22(8-9-25(23)39-16-27(37)38)40-17-26-24(15-34-10-12-35(13-11-34)19(3)36)33-28(41-26)20-4-6-21(7-5-20)29(30,31)32/h4-9,14,18H,10-13,15-17H2,1-3H3,(H,37,38). The van der Waals surface area contributed by atoms with Gasteiger partial charge in [-0.25, -0.2) is 9.78 Å². The van der Waals surface area contributed by atoms with Crippen molar-refractivity contribution in [2.75, 3.05) is 32.8 Å². The number of thioether (sulfide) groups is 1. The molecule has 1 aromatic heterocycles. The van der Waals surface area contributed by atoms with Crippen molar-refractivity contribution in [2.45, 2.75) is 50.1 Å². The van der Waals surface area contributed by atoms with Crippen molar-refractivity contribution in [3.05, 3.63) is 64.2 Å². The van der Waals surface area contributed by atoms with Crippen LogP contribution in [-0.4, -0.2) is 64.6 Å². The van der Waals surface area contributed by atoms with Gasteiger partial charge in [0.15, 0.2) is 6.61 Å². The van der Waals surface area contributed by atoms with Gasteiger partial charge in [-0.05, 0) is 41.8 Å². The van der Waals surface area contributed by atoms with E-state index in [4.69, 9.17) is 14.8 Å². The summed E-state index contributed by atoms with van der Waals surface area (Å²) in [5.74, 6) is 0.286. The highest BCUT2D eigenvalue weighted by Crippen LogP contribution is 2.37. The third kappa shape index (κ3) is 8.23. The monoisotopic (exact) mass is 607 g/mol. The molecule has 0 saturated carbocycles. The molecule has 0 unspecified atom stereocenters. The van der Waals surface area contributed by atoms with Crippen LogP contribution in [0.15, 0.2) is 47.4 Å². The number of hydrogen-bond acceptors (Lipinski definition) is 7. The second-order valence-electron chi connectivity index (χ2n) is 10.1. The summed E-state index contributed by atoms with van der Waals surface area (Å²) in [6.07, 6.45) is -4.40. The topological polar surface area (TPSA) is 83.0 Å². The molecule has 7 nitrogen and oxygen atoms in total. The lowest BCUT2D eigenvalue weighted by Gasteiger charge is -2.33. The molecule has 0 spiro atoms. The third-order valence-corrected chi connectivity index (χ3v) is 9.10. The van der Waals surface area contributed by atoms with Crippen LogP contribution in [-0.2, 0) is 28.1 Å². The minimum Gasteiger partial charge on any atom is -0.482 e. The van der Waals surface area contributed by atoms with Gasteiger partial charge in [0.2, 0.25) is 5.91 Å². The third-order valence-electron chi connectivity index (χ3n) is 6.75. The average molecular weight is 608 g/mol. The molecule has 41 heavy (non-hydrogen) atoms. The van der Waals surface area contributed by atoms with E-state index < -0.39 is 24.3 Å². The fourth-order valence-corrected chi connectivity index (χ4v) is 6.59. The van der Waals surface area contributed by atoms with Gasteiger partial charge in [-0.15, -0.1) is 23.1 Å². The maximum atomic E-state index is 13.1. The molecule has 2 aromatic carbocycles. The maximum Gasteiger partial charge on any atom is 0.416 e. The van der Waals surface area contributed by atoms with E-state index in [-0.39, 0.29) is 11.8 Å². The van der Waals surface area contributed by atoms with Gasteiger partial charge in [0.25, 0.3) is 0 Å². The van der Waals surface area contributed by atoms with Crippen LogP contribution < -0.4 is 4.74 Å². The Morgan fingerprint density at radius 2 is 1.78 bits per heavy atom. The Morgan fingerprint density at radius 3 is 2.37 bits per heavy atom. The molecule has 12 heteroatoms. The predicted octanol–water partition coefficient (Wildman–Crippen LogP) is 6.37. The van der Waals surface area contributed by atoms with Crippen LogP contribution in [0.4, 0.5) is 13.2 Å². The fraction of sp³-hybridized carbons (Fsp3) is 0.414. The minimum absolute atomic E-state index is 0.0557. The molecule has 1 aliphatic heterocycles. The quantitative estimate of drug-likeness (QED) is 0.268. The van der Waals surface area contributed by atoms with Gasteiger partial charge in [0, 0.05) is 60.7 Å². The zero-order valence-corrected chi connectivity index (χ0v) is 24.7. The first kappa shape index (κ1) is 30.9. The van der Waals surface area contributed by atoms with Crippen LogP contribution in [0.5, 0.6) is 5.75 Å². The SMILES string of the molecule is CC(=O)N1CCN(Cc2nc(-c3ccc(C(F)(F)F)cc3)sc2CSc2ccc(OCC(=O)O)c(C(C)C)c2)CC1. The van der Waals surface area contributed by atoms with Gasteiger partial charge in [-0.1, -0.05) is 26.0 Å². The summed E-state index contributed by atoms with van der Waals surface area (Å²) in [5.41, 5.74) is 1.71. The lowest BCUT2D eigenvalue weighted by Crippen LogP contribution is -2.47. The van der Waals surface area contributed by atoms with E-state index in [0.717, 1.165) is 46.3 Å². The summed E-state index contributed by atoms with van der Waals surface area (Å²) >= 11 is 3.08. The number of aromatic nitrogens is 1. The van der Waals surface area contributed by atoms with Crippen molar-refractivity contribution < 1.29 is 32.6 Å². The summed E-state index contributed by atoms with van der Waals surface area (Å²) in [4.78, 5) is 33.6. The molecule has 0 radical (unpaired) electrons. The first-order valence-corrected chi connectivity index (χ1v) is 15.0. The predicted molar refractivity (Wildman–Crippen MR) is 153 cm³/mol. The van der Waals surface area contributed by atoms with Gasteiger partial charge in [-0.3, -0.25) is 9.69 Å². The normalized spacial score (nSPS) is 14.5. The molecule has 1 fully saturated rings. The lowest BCUT2D eigenvalue weighted by atomic mass is 10.0. The van der Waals surface area contributed by atoms with E-state index in [9.17, 15) is 22.8 Å². The fourth-order valence-electron chi connectivity index (χ4n) is 4.46. The molecule has 0 aliphatic carbocycles. The molecule has 0 bridgehead atoms. The second-order valence-corrected chi connectivity index (χ2v) is 12.2. The molecular formula is C29H32F3N3O4S2. The number of amides is 1. The number of halogens is 3. The molecular weight excluding hydrogens is 575 g/mol. The number of carboxylic acids is 1. The average Bonchev–Trinajstić information content (AvgIpc) is 3.33. The van der Waals surface area contributed by atoms with Crippen LogP contribution in [0, 0.1) is 0 Å².